The topological polar surface area (TPSA) is 3.24 Å². The molecule has 0 saturated heterocycles. The van der Waals surface area contributed by atoms with E-state index in [-0.39, 0.29) is 5.56 Å². The third kappa shape index (κ3) is 4.19. The van der Waals surface area contributed by atoms with Crippen molar-refractivity contribution in [3.8, 4) is 11.1 Å². The van der Waals surface area contributed by atoms with Crippen molar-refractivity contribution in [3.63, 3.8) is 0 Å². The molecular weight excluding hydrogens is 582 g/mol. The lowest BCUT2D eigenvalue weighted by atomic mass is 9.59. The van der Waals surface area contributed by atoms with Gasteiger partial charge in [0.1, 0.15) is 0 Å². The van der Waals surface area contributed by atoms with Crippen LogP contribution in [0.25, 0.3) is 11.1 Å². The number of halogens is 2. The lowest BCUT2D eigenvalue weighted by Gasteiger charge is -2.44. The average molecular weight is 636 g/mol. The SMILES string of the molecule is [2H]C([2H])([2H])C1(C([2H])([2H])[2H])c2ccc(-c3ccc(N(c4ccc(Br)cc4)c4ccc(Br)cc4)cc3C)cc2C(C([2H])([2H])[2H])(C([2H])([2H])[2H])C1(C([2H])([2H])[2H])C([2H])([2H])[2H]. The van der Waals surface area contributed by atoms with E-state index >= 15 is 0 Å². The maximum Gasteiger partial charge on any atom is 0.0464 e. The normalized spacial score (nSPS) is 26.1. The number of aryl methyl sites for hydroxylation is 1. The summed E-state index contributed by atoms with van der Waals surface area (Å²) in [7, 11) is 0. The molecule has 4 aromatic carbocycles. The van der Waals surface area contributed by atoms with Gasteiger partial charge < -0.3 is 4.90 Å². The van der Waals surface area contributed by atoms with Crippen LogP contribution in [0.3, 0.4) is 0 Å². The van der Waals surface area contributed by atoms with E-state index in [9.17, 15) is 0 Å². The fraction of sp³-hybridized carbons (Fsp3) is 0.294. The predicted octanol–water partition coefficient (Wildman–Crippen LogP) is 11.3. The maximum atomic E-state index is 8.74. The van der Waals surface area contributed by atoms with Crippen LogP contribution in [0, 0.1) is 12.3 Å². The molecule has 37 heavy (non-hydrogen) atoms. The quantitative estimate of drug-likeness (QED) is 0.216. The molecule has 0 amide bonds. The average Bonchev–Trinajstić information content (AvgIpc) is 3.31. The van der Waals surface area contributed by atoms with Crippen LogP contribution >= 0.6 is 31.9 Å². The Hall–Kier alpha value is -2.36. The van der Waals surface area contributed by atoms with Crippen LogP contribution in [0.1, 0.15) is 82.5 Å². The third-order valence-electron chi connectivity index (χ3n) is 6.90. The summed E-state index contributed by atoms with van der Waals surface area (Å²) in [6.45, 7) is -23.4. The summed E-state index contributed by atoms with van der Waals surface area (Å²) in [5.41, 5.74) is -11.4. The van der Waals surface area contributed by atoms with Crippen molar-refractivity contribution < 1.29 is 24.7 Å². The summed E-state index contributed by atoms with van der Waals surface area (Å²) in [6, 6.07) is 23.2. The minimum absolute atomic E-state index is 0.0661. The molecule has 0 bridgehead atoms. The molecule has 0 radical (unpaired) electrons. The van der Waals surface area contributed by atoms with Crippen LogP contribution < -0.4 is 4.90 Å². The van der Waals surface area contributed by atoms with Gasteiger partial charge in [-0.3, -0.25) is 0 Å². The van der Waals surface area contributed by atoms with Gasteiger partial charge in [0.2, 0.25) is 0 Å². The molecule has 0 atom stereocenters. The van der Waals surface area contributed by atoms with Crippen LogP contribution in [0.15, 0.2) is 93.9 Å². The van der Waals surface area contributed by atoms with Gasteiger partial charge in [-0.15, -0.1) is 0 Å². The molecule has 1 aliphatic carbocycles. The number of rotatable bonds is 4. The predicted molar refractivity (Wildman–Crippen MR) is 167 cm³/mol. The highest BCUT2D eigenvalue weighted by atomic mass is 79.9. The molecule has 0 heterocycles. The molecule has 0 aromatic heterocycles. The van der Waals surface area contributed by atoms with Gasteiger partial charge in [-0.2, -0.15) is 0 Å². The first-order valence-corrected chi connectivity index (χ1v) is 13.0. The summed E-state index contributed by atoms with van der Waals surface area (Å²) in [6.07, 6.45) is 0. The minimum Gasteiger partial charge on any atom is -0.310 e. The summed E-state index contributed by atoms with van der Waals surface area (Å²) in [4.78, 5) is 1.95. The van der Waals surface area contributed by atoms with Crippen molar-refractivity contribution in [1.82, 2.24) is 0 Å². The second-order valence-electron chi connectivity index (χ2n) is 9.30. The first kappa shape index (κ1) is 12.2. The molecule has 0 N–H and O–H groups in total. The number of anilines is 3. The van der Waals surface area contributed by atoms with E-state index in [1.165, 1.54) is 6.07 Å². The van der Waals surface area contributed by atoms with Gasteiger partial charge >= 0.3 is 0 Å². The van der Waals surface area contributed by atoms with Crippen molar-refractivity contribution >= 4 is 48.9 Å². The van der Waals surface area contributed by atoms with Gasteiger partial charge in [0, 0.05) is 50.7 Å². The molecule has 0 spiro atoms. The molecule has 0 saturated carbocycles. The van der Waals surface area contributed by atoms with Crippen molar-refractivity contribution in [3.05, 3.63) is 111 Å². The van der Waals surface area contributed by atoms with Crippen LogP contribution in [-0.4, -0.2) is 0 Å². The highest BCUT2D eigenvalue weighted by Crippen LogP contribution is 2.61. The molecule has 0 unspecified atom stereocenters. The number of benzene rings is 4. The molecule has 5 rings (SSSR count). The summed E-state index contributed by atoms with van der Waals surface area (Å²) >= 11 is 6.91. The summed E-state index contributed by atoms with van der Waals surface area (Å²) < 4.78 is 158. The van der Waals surface area contributed by atoms with Crippen LogP contribution in [-0.2, 0) is 10.8 Å². The zero-order valence-electron chi connectivity index (χ0n) is 37.8. The monoisotopic (exact) mass is 633 g/mol. The van der Waals surface area contributed by atoms with Crippen LogP contribution in [0.2, 0.25) is 0 Å². The molecule has 0 aliphatic heterocycles. The zero-order chi connectivity index (χ0) is 41.8. The molecular formula is C34H35Br2N. The van der Waals surface area contributed by atoms with Crippen LogP contribution in [0.4, 0.5) is 17.1 Å². The first-order chi connectivity index (χ1) is 24.8. The Morgan fingerprint density at radius 2 is 1.14 bits per heavy atom. The Labute approximate surface area is 264 Å². The Morgan fingerprint density at radius 1 is 0.595 bits per heavy atom. The molecule has 190 valence electrons. The third-order valence-corrected chi connectivity index (χ3v) is 7.96. The molecule has 3 heteroatoms. The standard InChI is InChI=1S/C34H35Br2N/c1-22-20-28(37(26-13-9-24(35)10-14-26)27-15-11-25(36)12-16-27)17-18-29(22)23-8-19-30-31(21-23)33(4,5)34(6,7)32(30,2)3/h8-21H,1-7H3/i2D3,3D3,4D3,5D3,6D3,7D3. The number of fused-ring (bicyclic) bond motifs is 1. The Morgan fingerprint density at radius 3 is 1.65 bits per heavy atom. The first-order valence-electron chi connectivity index (χ1n) is 20.4. The van der Waals surface area contributed by atoms with Gasteiger partial charge in [0.05, 0.1) is 0 Å². The highest BCUT2D eigenvalue weighted by molar-refractivity contribution is 9.10. The van der Waals surface area contributed by atoms with E-state index in [0.29, 0.717) is 16.8 Å². The fourth-order valence-electron chi connectivity index (χ4n) is 4.77. The van der Waals surface area contributed by atoms with Gasteiger partial charge in [-0.25, -0.2) is 0 Å². The van der Waals surface area contributed by atoms with E-state index in [4.69, 9.17) is 24.7 Å². The lowest BCUT2D eigenvalue weighted by molar-refractivity contribution is 0.125. The van der Waals surface area contributed by atoms with Gasteiger partial charge in [0.25, 0.3) is 0 Å². The zero-order valence-corrected chi connectivity index (χ0v) is 23.0. The highest BCUT2D eigenvalue weighted by Gasteiger charge is 2.56. The maximum absolute atomic E-state index is 8.74. The molecule has 0 fully saturated rings. The van der Waals surface area contributed by atoms with E-state index in [2.05, 4.69) is 31.9 Å². The van der Waals surface area contributed by atoms with E-state index in [1.54, 1.807) is 25.1 Å². The van der Waals surface area contributed by atoms with E-state index in [0.717, 1.165) is 32.5 Å². The van der Waals surface area contributed by atoms with E-state index in [1.807, 2.05) is 53.4 Å². The summed E-state index contributed by atoms with van der Waals surface area (Å²) in [5.74, 6) is 0. The second kappa shape index (κ2) is 9.13. The molecule has 4 aromatic rings. The second-order valence-corrected chi connectivity index (χ2v) is 11.1. The Balaban J connectivity index is 1.92. The smallest absolute Gasteiger partial charge is 0.0464 e. The van der Waals surface area contributed by atoms with Crippen molar-refractivity contribution in [2.24, 2.45) is 5.41 Å². The Bertz CT molecular complexity index is 1980. The van der Waals surface area contributed by atoms with Gasteiger partial charge in [-0.05, 0) is 112 Å². The largest absolute Gasteiger partial charge is 0.310 e. The van der Waals surface area contributed by atoms with Crippen LogP contribution in [0.5, 0.6) is 0 Å². The number of hydrogen-bond donors (Lipinski definition) is 0. The Kier molecular flexibility index (Phi) is 3.02. The number of nitrogens with zero attached hydrogens (tertiary/aromatic N) is 1. The fourth-order valence-corrected chi connectivity index (χ4v) is 5.30. The minimum atomic E-state index is -4.44. The number of hydrogen-bond acceptors (Lipinski definition) is 1. The van der Waals surface area contributed by atoms with E-state index < -0.39 is 68.5 Å². The lowest BCUT2D eigenvalue weighted by Crippen LogP contribution is -2.42. The van der Waals surface area contributed by atoms with Crippen molar-refractivity contribution in [1.29, 1.82) is 0 Å². The van der Waals surface area contributed by atoms with Crippen molar-refractivity contribution in [2.45, 2.75) is 58.9 Å². The van der Waals surface area contributed by atoms with Gasteiger partial charge in [-0.1, -0.05) is 97.2 Å². The molecule has 1 nitrogen and oxygen atoms in total. The van der Waals surface area contributed by atoms with Gasteiger partial charge in [0.15, 0.2) is 0 Å². The summed E-state index contributed by atoms with van der Waals surface area (Å²) in [5, 5.41) is 0. The van der Waals surface area contributed by atoms with Crippen molar-refractivity contribution in [2.75, 3.05) is 4.90 Å². The molecule has 1 aliphatic rings.